The molecule has 1 saturated heterocycles. The first-order valence-electron chi connectivity index (χ1n) is 7.52. The highest BCUT2D eigenvalue weighted by Gasteiger charge is 2.35. The third kappa shape index (κ3) is 4.28. The van der Waals surface area contributed by atoms with Crippen molar-refractivity contribution in [1.82, 2.24) is 19.4 Å². The average molecular weight is 294 g/mol. The van der Waals surface area contributed by atoms with Gasteiger partial charge in [0.1, 0.15) is 5.82 Å². The summed E-state index contributed by atoms with van der Waals surface area (Å²) in [6.45, 7) is 5.27. The maximum atomic E-state index is 11.8. The van der Waals surface area contributed by atoms with Crippen LogP contribution in [0.3, 0.4) is 0 Å². The van der Waals surface area contributed by atoms with Crippen LogP contribution in [0.15, 0.2) is 12.4 Å². The Hall–Kier alpha value is -1.40. The van der Waals surface area contributed by atoms with Gasteiger partial charge in [-0.2, -0.15) is 0 Å². The largest absolute Gasteiger partial charge is 0.388 e. The van der Waals surface area contributed by atoms with E-state index in [0.29, 0.717) is 13.0 Å². The third-order valence-electron chi connectivity index (χ3n) is 4.19. The van der Waals surface area contributed by atoms with Crippen LogP contribution in [0.2, 0.25) is 0 Å². The maximum Gasteiger partial charge on any atom is 0.224 e. The van der Waals surface area contributed by atoms with E-state index in [1.807, 2.05) is 13.1 Å². The van der Waals surface area contributed by atoms with E-state index in [9.17, 15) is 9.90 Å². The Labute approximate surface area is 126 Å². The van der Waals surface area contributed by atoms with Crippen molar-refractivity contribution in [2.24, 2.45) is 0 Å². The van der Waals surface area contributed by atoms with Crippen LogP contribution in [0.1, 0.15) is 25.1 Å². The molecule has 1 fully saturated rings. The summed E-state index contributed by atoms with van der Waals surface area (Å²) in [5.74, 6) is 0.995. The zero-order valence-electron chi connectivity index (χ0n) is 13.2. The van der Waals surface area contributed by atoms with Gasteiger partial charge in [0.15, 0.2) is 0 Å². The number of amides is 1. The number of rotatable bonds is 5. The molecule has 1 unspecified atom stereocenters. The SMILES string of the molecule is Cc1nccn1CCN1CCCC(O)(CC(=O)N(C)C)C1. The smallest absolute Gasteiger partial charge is 0.224 e. The summed E-state index contributed by atoms with van der Waals surface area (Å²) in [6.07, 6.45) is 5.62. The molecule has 0 radical (unpaired) electrons. The zero-order chi connectivity index (χ0) is 15.5. The number of hydrogen-bond donors (Lipinski definition) is 1. The summed E-state index contributed by atoms with van der Waals surface area (Å²) in [5, 5.41) is 10.7. The van der Waals surface area contributed by atoms with Crippen molar-refractivity contribution in [2.45, 2.75) is 38.3 Å². The van der Waals surface area contributed by atoms with Crippen LogP contribution in [0.5, 0.6) is 0 Å². The topological polar surface area (TPSA) is 61.6 Å². The molecule has 118 valence electrons. The molecule has 1 N–H and O–H groups in total. The van der Waals surface area contributed by atoms with Crippen LogP contribution >= 0.6 is 0 Å². The Bertz CT molecular complexity index is 486. The molecule has 2 rings (SSSR count). The van der Waals surface area contributed by atoms with Gasteiger partial charge in [-0.15, -0.1) is 0 Å². The lowest BCUT2D eigenvalue weighted by Gasteiger charge is -2.39. The van der Waals surface area contributed by atoms with Gasteiger partial charge in [-0.05, 0) is 26.3 Å². The lowest BCUT2D eigenvalue weighted by atomic mass is 9.89. The minimum atomic E-state index is -0.885. The number of aryl methyl sites for hydroxylation is 1. The molecule has 1 aliphatic heterocycles. The van der Waals surface area contributed by atoms with Crippen LogP contribution in [-0.2, 0) is 11.3 Å². The molecule has 21 heavy (non-hydrogen) atoms. The van der Waals surface area contributed by atoms with Gasteiger partial charge in [-0.1, -0.05) is 0 Å². The fourth-order valence-corrected chi connectivity index (χ4v) is 2.87. The van der Waals surface area contributed by atoms with Crippen molar-refractivity contribution in [3.63, 3.8) is 0 Å². The second kappa shape index (κ2) is 6.58. The van der Waals surface area contributed by atoms with Crippen molar-refractivity contribution in [2.75, 3.05) is 33.7 Å². The number of aliphatic hydroxyl groups is 1. The summed E-state index contributed by atoms with van der Waals surface area (Å²) < 4.78 is 2.11. The van der Waals surface area contributed by atoms with E-state index in [2.05, 4.69) is 14.5 Å². The van der Waals surface area contributed by atoms with Gasteiger partial charge in [0.05, 0.1) is 12.0 Å². The number of carbonyl (C=O) groups is 1. The van der Waals surface area contributed by atoms with Gasteiger partial charge in [-0.3, -0.25) is 9.69 Å². The van der Waals surface area contributed by atoms with Crippen molar-refractivity contribution in [1.29, 1.82) is 0 Å². The number of β-amino-alcohol motifs (C(OH)–C–C–N with tert-alkyl or cyclic N) is 1. The first-order valence-corrected chi connectivity index (χ1v) is 7.52. The van der Waals surface area contributed by atoms with Crippen molar-refractivity contribution in [3.8, 4) is 0 Å². The molecule has 1 aromatic heterocycles. The minimum absolute atomic E-state index is 0.00944. The van der Waals surface area contributed by atoms with Gasteiger partial charge in [0.25, 0.3) is 0 Å². The predicted octanol–water partition coefficient (Wildman–Crippen LogP) is 0.497. The fraction of sp³-hybridized carbons (Fsp3) is 0.733. The van der Waals surface area contributed by atoms with E-state index < -0.39 is 5.60 Å². The van der Waals surface area contributed by atoms with Crippen LogP contribution in [0, 0.1) is 6.92 Å². The molecular formula is C15H26N4O2. The van der Waals surface area contributed by atoms with Crippen molar-refractivity contribution in [3.05, 3.63) is 18.2 Å². The maximum absolute atomic E-state index is 11.8. The number of hydrogen-bond acceptors (Lipinski definition) is 4. The summed E-state index contributed by atoms with van der Waals surface area (Å²) >= 11 is 0. The molecular weight excluding hydrogens is 268 g/mol. The molecule has 0 aromatic carbocycles. The monoisotopic (exact) mass is 294 g/mol. The van der Waals surface area contributed by atoms with Crippen molar-refractivity contribution >= 4 is 5.91 Å². The van der Waals surface area contributed by atoms with E-state index >= 15 is 0 Å². The van der Waals surface area contributed by atoms with Crippen molar-refractivity contribution < 1.29 is 9.90 Å². The molecule has 1 atom stereocenters. The lowest BCUT2D eigenvalue weighted by molar-refractivity contribution is -0.136. The fourth-order valence-electron chi connectivity index (χ4n) is 2.87. The van der Waals surface area contributed by atoms with Gasteiger partial charge in [-0.25, -0.2) is 4.98 Å². The minimum Gasteiger partial charge on any atom is -0.388 e. The van der Waals surface area contributed by atoms with E-state index in [4.69, 9.17) is 0 Å². The van der Waals surface area contributed by atoms with E-state index in [0.717, 1.165) is 31.9 Å². The Balaban J connectivity index is 1.88. The Morgan fingerprint density at radius 3 is 2.86 bits per heavy atom. The van der Waals surface area contributed by atoms with E-state index in [1.165, 1.54) is 0 Å². The average Bonchev–Trinajstić information content (AvgIpc) is 2.81. The molecule has 0 bridgehead atoms. The normalized spacial score (nSPS) is 23.2. The molecule has 0 saturated carbocycles. The number of piperidine rings is 1. The van der Waals surface area contributed by atoms with Crippen LogP contribution in [0.4, 0.5) is 0 Å². The number of likely N-dealkylation sites (tertiary alicyclic amines) is 1. The molecule has 1 aliphatic rings. The number of carbonyl (C=O) groups excluding carboxylic acids is 1. The Morgan fingerprint density at radius 2 is 2.24 bits per heavy atom. The van der Waals surface area contributed by atoms with Gasteiger partial charge >= 0.3 is 0 Å². The highest BCUT2D eigenvalue weighted by Crippen LogP contribution is 2.25. The molecule has 6 nitrogen and oxygen atoms in total. The lowest BCUT2D eigenvalue weighted by Crippen LogP contribution is -2.51. The number of aromatic nitrogens is 2. The second-order valence-electron chi connectivity index (χ2n) is 6.24. The summed E-state index contributed by atoms with van der Waals surface area (Å²) in [4.78, 5) is 19.8. The third-order valence-corrected chi connectivity index (χ3v) is 4.19. The molecule has 0 aliphatic carbocycles. The van der Waals surface area contributed by atoms with E-state index in [1.54, 1.807) is 25.2 Å². The van der Waals surface area contributed by atoms with Crippen LogP contribution in [-0.4, -0.2) is 69.7 Å². The molecule has 0 spiro atoms. The van der Waals surface area contributed by atoms with Gasteiger partial charge < -0.3 is 14.6 Å². The van der Waals surface area contributed by atoms with E-state index in [-0.39, 0.29) is 12.3 Å². The van der Waals surface area contributed by atoms with Gasteiger partial charge in [0, 0.05) is 46.1 Å². The summed E-state index contributed by atoms with van der Waals surface area (Å²) in [5.41, 5.74) is -0.885. The molecule has 1 aromatic rings. The first-order chi connectivity index (χ1) is 9.89. The quantitative estimate of drug-likeness (QED) is 0.859. The zero-order valence-corrected chi connectivity index (χ0v) is 13.2. The Morgan fingerprint density at radius 1 is 1.48 bits per heavy atom. The standard InChI is InChI=1S/C15H26N4O2/c1-13-16-6-8-19(13)10-9-18-7-4-5-15(21,12-18)11-14(20)17(2)3/h6,8,21H,4-5,7,9-12H2,1-3H3. The highest BCUT2D eigenvalue weighted by atomic mass is 16.3. The predicted molar refractivity (Wildman–Crippen MR) is 80.9 cm³/mol. The van der Waals surface area contributed by atoms with Crippen LogP contribution in [0.25, 0.3) is 0 Å². The molecule has 1 amide bonds. The molecule has 2 heterocycles. The van der Waals surface area contributed by atoms with Crippen LogP contribution < -0.4 is 0 Å². The Kier molecular flexibility index (Phi) is 5.00. The summed E-state index contributed by atoms with van der Waals surface area (Å²) in [6, 6.07) is 0. The van der Waals surface area contributed by atoms with Gasteiger partial charge in [0.2, 0.25) is 5.91 Å². The highest BCUT2D eigenvalue weighted by molar-refractivity contribution is 5.76. The first kappa shape index (κ1) is 16.0. The molecule has 6 heteroatoms. The number of nitrogens with zero attached hydrogens (tertiary/aromatic N) is 4. The number of imidazole rings is 1. The second-order valence-corrected chi connectivity index (χ2v) is 6.24. The summed E-state index contributed by atoms with van der Waals surface area (Å²) in [7, 11) is 3.46.